The Morgan fingerprint density at radius 2 is 2.07 bits per heavy atom. The molecule has 2 atom stereocenters. The quantitative estimate of drug-likeness (QED) is 0.798. The predicted octanol–water partition coefficient (Wildman–Crippen LogP) is 2.96. The molecule has 3 aliphatic heterocycles. The summed E-state index contributed by atoms with van der Waals surface area (Å²) in [6, 6.07) is 16.1. The first-order valence-corrected chi connectivity index (χ1v) is 10.3. The average molecular weight is 388 g/mol. The van der Waals surface area contributed by atoms with Gasteiger partial charge < -0.3 is 19.9 Å². The lowest BCUT2D eigenvalue weighted by Gasteiger charge is -2.39. The van der Waals surface area contributed by atoms with E-state index in [-0.39, 0.29) is 5.91 Å². The molecule has 0 bridgehead atoms. The number of fused-ring (bicyclic) bond motifs is 3. The standard InChI is InChI=1S/C23H24N4O2/c24-13-16-5-7-17(8-6-16)29-12-2-10-26-11-9-21-19(14-26)18-3-1-4-20-23(18)27(21)15-22(28)25-20/h1,3-8,19,21H,2,9-12,14-15H2,(H,25,28)/t19-,21-/m0/s1. The zero-order valence-electron chi connectivity index (χ0n) is 16.3. The van der Waals surface area contributed by atoms with E-state index in [0.717, 1.165) is 43.9 Å². The first kappa shape index (κ1) is 18.0. The highest BCUT2D eigenvalue weighted by molar-refractivity contribution is 6.03. The average Bonchev–Trinajstić information content (AvgIpc) is 3.06. The minimum absolute atomic E-state index is 0.0951. The summed E-state index contributed by atoms with van der Waals surface area (Å²) in [6.45, 7) is 4.24. The molecule has 0 spiro atoms. The molecule has 29 heavy (non-hydrogen) atoms. The molecule has 148 valence electrons. The van der Waals surface area contributed by atoms with Gasteiger partial charge in [-0.1, -0.05) is 12.1 Å². The van der Waals surface area contributed by atoms with E-state index in [4.69, 9.17) is 10.00 Å². The number of nitrogens with zero attached hydrogens (tertiary/aromatic N) is 3. The van der Waals surface area contributed by atoms with Gasteiger partial charge >= 0.3 is 0 Å². The highest BCUT2D eigenvalue weighted by Gasteiger charge is 2.44. The highest BCUT2D eigenvalue weighted by atomic mass is 16.5. The molecule has 0 unspecified atom stereocenters. The van der Waals surface area contributed by atoms with Crippen molar-refractivity contribution >= 4 is 17.3 Å². The number of ether oxygens (including phenoxy) is 1. The number of anilines is 2. The molecule has 1 saturated heterocycles. The molecule has 3 heterocycles. The van der Waals surface area contributed by atoms with Crippen LogP contribution in [0.3, 0.4) is 0 Å². The first-order chi connectivity index (χ1) is 14.2. The molecule has 1 fully saturated rings. The van der Waals surface area contributed by atoms with E-state index in [1.165, 1.54) is 11.3 Å². The van der Waals surface area contributed by atoms with Gasteiger partial charge in [0.05, 0.1) is 36.2 Å². The maximum atomic E-state index is 12.1. The summed E-state index contributed by atoms with van der Waals surface area (Å²) >= 11 is 0. The number of carbonyl (C=O) groups is 1. The van der Waals surface area contributed by atoms with Crippen molar-refractivity contribution in [2.24, 2.45) is 0 Å². The van der Waals surface area contributed by atoms with Crippen LogP contribution >= 0.6 is 0 Å². The zero-order valence-corrected chi connectivity index (χ0v) is 16.3. The van der Waals surface area contributed by atoms with Crippen molar-refractivity contribution < 1.29 is 9.53 Å². The highest BCUT2D eigenvalue weighted by Crippen LogP contribution is 2.49. The zero-order chi connectivity index (χ0) is 19.8. The summed E-state index contributed by atoms with van der Waals surface area (Å²) < 4.78 is 5.82. The molecule has 3 aliphatic rings. The van der Waals surface area contributed by atoms with Crippen LogP contribution in [0.5, 0.6) is 5.75 Å². The number of hydrogen-bond donors (Lipinski definition) is 1. The van der Waals surface area contributed by atoms with Crippen molar-refractivity contribution in [2.45, 2.75) is 24.8 Å². The second-order valence-electron chi connectivity index (χ2n) is 8.02. The fourth-order valence-corrected chi connectivity index (χ4v) is 4.98. The van der Waals surface area contributed by atoms with Crippen LogP contribution in [-0.2, 0) is 4.79 Å². The van der Waals surface area contributed by atoms with Crippen molar-refractivity contribution in [3.05, 3.63) is 53.6 Å². The maximum absolute atomic E-state index is 12.1. The van der Waals surface area contributed by atoms with Gasteiger partial charge in [0, 0.05) is 31.6 Å². The smallest absolute Gasteiger partial charge is 0.243 e. The van der Waals surface area contributed by atoms with E-state index < -0.39 is 0 Å². The second-order valence-corrected chi connectivity index (χ2v) is 8.02. The second kappa shape index (κ2) is 7.41. The molecule has 0 aliphatic carbocycles. The normalized spacial score (nSPS) is 22.4. The van der Waals surface area contributed by atoms with Crippen LogP contribution in [-0.4, -0.2) is 49.6 Å². The van der Waals surface area contributed by atoms with E-state index in [0.29, 0.717) is 30.7 Å². The Bertz CT molecular complexity index is 966. The Kier molecular flexibility index (Phi) is 4.61. The largest absolute Gasteiger partial charge is 0.494 e. The van der Waals surface area contributed by atoms with Gasteiger partial charge in [0.25, 0.3) is 0 Å². The lowest BCUT2D eigenvalue weighted by atomic mass is 9.89. The SMILES string of the molecule is N#Cc1ccc(OCCCN2CC[C@H]3[C@@H](C2)c2cccc4c2N3CC(=O)N4)cc1. The Balaban J connectivity index is 1.18. The van der Waals surface area contributed by atoms with Crippen LogP contribution in [0, 0.1) is 11.3 Å². The van der Waals surface area contributed by atoms with Gasteiger partial charge in [0.1, 0.15) is 5.75 Å². The topological polar surface area (TPSA) is 68.6 Å². The van der Waals surface area contributed by atoms with Crippen molar-refractivity contribution in [1.29, 1.82) is 5.26 Å². The third-order valence-electron chi connectivity index (χ3n) is 6.27. The van der Waals surface area contributed by atoms with Gasteiger partial charge in [-0.2, -0.15) is 5.26 Å². The Morgan fingerprint density at radius 1 is 1.21 bits per heavy atom. The lowest BCUT2D eigenvalue weighted by molar-refractivity contribution is -0.115. The van der Waals surface area contributed by atoms with Crippen molar-refractivity contribution in [1.82, 2.24) is 4.90 Å². The summed E-state index contributed by atoms with van der Waals surface area (Å²) in [5.74, 6) is 1.37. The molecule has 6 nitrogen and oxygen atoms in total. The van der Waals surface area contributed by atoms with Crippen LogP contribution in [0.25, 0.3) is 0 Å². The molecule has 0 saturated carbocycles. The van der Waals surface area contributed by atoms with Crippen LogP contribution in [0.4, 0.5) is 11.4 Å². The summed E-state index contributed by atoms with van der Waals surface area (Å²) in [4.78, 5) is 16.9. The Labute approximate surface area is 170 Å². The molecule has 2 aromatic carbocycles. The molecule has 6 heteroatoms. The van der Waals surface area contributed by atoms with Crippen LogP contribution in [0.1, 0.15) is 29.9 Å². The van der Waals surface area contributed by atoms with Gasteiger partial charge in [0.2, 0.25) is 5.91 Å². The monoisotopic (exact) mass is 388 g/mol. The number of para-hydroxylation sites is 1. The minimum Gasteiger partial charge on any atom is -0.494 e. The van der Waals surface area contributed by atoms with Crippen molar-refractivity contribution in [2.75, 3.05) is 43.0 Å². The molecule has 1 amide bonds. The number of nitriles is 1. The summed E-state index contributed by atoms with van der Waals surface area (Å²) in [6.07, 6.45) is 2.05. The molecular weight excluding hydrogens is 364 g/mol. The number of carbonyl (C=O) groups excluding carboxylic acids is 1. The molecular formula is C23H24N4O2. The number of benzene rings is 2. The maximum Gasteiger partial charge on any atom is 0.243 e. The Morgan fingerprint density at radius 3 is 2.90 bits per heavy atom. The van der Waals surface area contributed by atoms with Crippen LogP contribution in [0.15, 0.2) is 42.5 Å². The molecule has 0 aromatic heterocycles. The minimum atomic E-state index is 0.0951. The Hall–Kier alpha value is -3.04. The number of nitrogens with one attached hydrogen (secondary N) is 1. The number of rotatable bonds is 5. The van der Waals surface area contributed by atoms with E-state index in [1.807, 2.05) is 18.2 Å². The number of piperidine rings is 1. The summed E-state index contributed by atoms with van der Waals surface area (Å²) in [5, 5.41) is 11.9. The van der Waals surface area contributed by atoms with Gasteiger partial charge in [0.15, 0.2) is 0 Å². The molecule has 2 aromatic rings. The number of amides is 1. The van der Waals surface area contributed by atoms with Crippen LogP contribution < -0.4 is 15.0 Å². The van der Waals surface area contributed by atoms with E-state index >= 15 is 0 Å². The fourth-order valence-electron chi connectivity index (χ4n) is 4.98. The van der Waals surface area contributed by atoms with Crippen molar-refractivity contribution in [3.63, 3.8) is 0 Å². The summed E-state index contributed by atoms with van der Waals surface area (Å²) in [5.41, 5.74) is 4.24. The van der Waals surface area contributed by atoms with Crippen LogP contribution in [0.2, 0.25) is 0 Å². The molecule has 0 radical (unpaired) electrons. The molecule has 1 N–H and O–H groups in total. The van der Waals surface area contributed by atoms with E-state index in [2.05, 4.69) is 33.3 Å². The van der Waals surface area contributed by atoms with Crippen molar-refractivity contribution in [3.8, 4) is 11.8 Å². The number of likely N-dealkylation sites (tertiary alicyclic amines) is 1. The van der Waals surface area contributed by atoms with Gasteiger partial charge in [-0.15, -0.1) is 0 Å². The van der Waals surface area contributed by atoms with Gasteiger partial charge in [-0.05, 0) is 48.7 Å². The lowest BCUT2D eigenvalue weighted by Crippen LogP contribution is -2.49. The third-order valence-corrected chi connectivity index (χ3v) is 6.27. The first-order valence-electron chi connectivity index (χ1n) is 10.3. The van der Waals surface area contributed by atoms with E-state index in [1.54, 1.807) is 12.1 Å². The van der Waals surface area contributed by atoms with E-state index in [9.17, 15) is 4.79 Å². The van der Waals surface area contributed by atoms with Gasteiger partial charge in [-0.25, -0.2) is 0 Å². The molecule has 5 rings (SSSR count). The number of hydrogen-bond acceptors (Lipinski definition) is 5. The summed E-state index contributed by atoms with van der Waals surface area (Å²) in [7, 11) is 0. The van der Waals surface area contributed by atoms with Gasteiger partial charge in [-0.3, -0.25) is 4.79 Å². The third kappa shape index (κ3) is 3.32. The fraction of sp³-hybridized carbons (Fsp3) is 0.391. The predicted molar refractivity (Wildman–Crippen MR) is 111 cm³/mol.